The van der Waals surface area contributed by atoms with Crippen LogP contribution in [-0.2, 0) is 6.54 Å². The van der Waals surface area contributed by atoms with Crippen molar-refractivity contribution in [1.82, 2.24) is 14.9 Å². The molecular formula is C14H14N4S. The van der Waals surface area contributed by atoms with Crippen molar-refractivity contribution in [2.24, 2.45) is 0 Å². The molecule has 2 aliphatic rings. The molecule has 1 aromatic carbocycles. The van der Waals surface area contributed by atoms with E-state index in [0.717, 1.165) is 23.1 Å². The van der Waals surface area contributed by atoms with Gasteiger partial charge in [0.25, 0.3) is 0 Å². The number of likely N-dealkylation sites (tertiary alicyclic amines) is 1. The Hall–Kier alpha value is -1.59. The van der Waals surface area contributed by atoms with Gasteiger partial charge in [-0.1, -0.05) is 17.8 Å². The van der Waals surface area contributed by atoms with Gasteiger partial charge in [0.2, 0.25) is 0 Å². The van der Waals surface area contributed by atoms with Crippen LogP contribution in [-0.4, -0.2) is 28.0 Å². The molecule has 19 heavy (non-hydrogen) atoms. The van der Waals surface area contributed by atoms with E-state index in [0.29, 0.717) is 0 Å². The van der Waals surface area contributed by atoms with Crippen LogP contribution in [0.2, 0.25) is 0 Å². The molecule has 4 nitrogen and oxygen atoms in total. The minimum absolute atomic E-state index is 0.862. The Morgan fingerprint density at radius 2 is 2.11 bits per heavy atom. The van der Waals surface area contributed by atoms with Gasteiger partial charge in [0.1, 0.15) is 5.03 Å². The molecule has 0 radical (unpaired) electrons. The second-order valence-electron chi connectivity index (χ2n) is 4.90. The lowest BCUT2D eigenvalue weighted by Gasteiger charge is -2.31. The van der Waals surface area contributed by atoms with Crippen molar-refractivity contribution < 1.29 is 0 Å². The quantitative estimate of drug-likeness (QED) is 0.775. The van der Waals surface area contributed by atoms with Crippen molar-refractivity contribution in [3.63, 3.8) is 0 Å². The van der Waals surface area contributed by atoms with Crippen LogP contribution in [0.25, 0.3) is 0 Å². The molecule has 0 bridgehead atoms. The average molecular weight is 270 g/mol. The summed E-state index contributed by atoms with van der Waals surface area (Å²) < 4.78 is 0. The highest BCUT2D eigenvalue weighted by Crippen LogP contribution is 2.42. The van der Waals surface area contributed by atoms with E-state index < -0.39 is 0 Å². The van der Waals surface area contributed by atoms with Crippen LogP contribution in [0, 0.1) is 0 Å². The lowest BCUT2D eigenvalue weighted by Crippen LogP contribution is -2.36. The molecule has 2 aliphatic heterocycles. The first-order valence-electron chi connectivity index (χ1n) is 6.50. The normalized spacial score (nSPS) is 17.1. The van der Waals surface area contributed by atoms with E-state index in [-0.39, 0.29) is 0 Å². The van der Waals surface area contributed by atoms with Gasteiger partial charge in [0, 0.05) is 23.8 Å². The van der Waals surface area contributed by atoms with Crippen LogP contribution in [0.4, 0.5) is 11.5 Å². The molecule has 3 heterocycles. The highest BCUT2D eigenvalue weighted by Gasteiger charge is 2.19. The van der Waals surface area contributed by atoms with E-state index in [4.69, 9.17) is 0 Å². The van der Waals surface area contributed by atoms with Crippen LogP contribution in [0.1, 0.15) is 12.0 Å². The van der Waals surface area contributed by atoms with Crippen molar-refractivity contribution in [2.75, 3.05) is 18.4 Å². The summed E-state index contributed by atoms with van der Waals surface area (Å²) in [6, 6.07) is 6.63. The van der Waals surface area contributed by atoms with Gasteiger partial charge in [-0.3, -0.25) is 4.90 Å². The zero-order chi connectivity index (χ0) is 12.7. The largest absolute Gasteiger partial charge is 0.337 e. The molecule has 1 fully saturated rings. The molecular weight excluding hydrogens is 256 g/mol. The van der Waals surface area contributed by atoms with E-state index in [1.54, 1.807) is 24.2 Å². The third kappa shape index (κ3) is 2.09. The summed E-state index contributed by atoms with van der Waals surface area (Å²) in [6.45, 7) is 3.51. The summed E-state index contributed by atoms with van der Waals surface area (Å²) in [7, 11) is 0. The molecule has 1 N–H and O–H groups in total. The molecule has 4 rings (SSSR count). The van der Waals surface area contributed by atoms with Crippen LogP contribution in [0.15, 0.2) is 40.5 Å². The van der Waals surface area contributed by atoms with E-state index in [1.807, 2.05) is 0 Å². The number of aromatic nitrogens is 2. The summed E-state index contributed by atoms with van der Waals surface area (Å²) in [4.78, 5) is 12.4. The summed E-state index contributed by atoms with van der Waals surface area (Å²) >= 11 is 1.68. The Kier molecular flexibility index (Phi) is 2.67. The van der Waals surface area contributed by atoms with Crippen molar-refractivity contribution in [2.45, 2.75) is 22.9 Å². The topological polar surface area (TPSA) is 41.1 Å². The van der Waals surface area contributed by atoms with Crippen LogP contribution >= 0.6 is 11.8 Å². The van der Waals surface area contributed by atoms with E-state index in [2.05, 4.69) is 38.4 Å². The molecule has 0 spiro atoms. The Morgan fingerprint density at radius 1 is 1.21 bits per heavy atom. The fourth-order valence-electron chi connectivity index (χ4n) is 2.38. The SMILES string of the molecule is c1cnc2c(n1)Nc1cc(CN3CCC3)ccc1S2. The molecule has 1 saturated heterocycles. The number of rotatable bonds is 2. The van der Waals surface area contributed by atoms with Crippen LogP contribution in [0.5, 0.6) is 0 Å². The highest BCUT2D eigenvalue weighted by atomic mass is 32.2. The van der Waals surface area contributed by atoms with Crippen LogP contribution < -0.4 is 5.32 Å². The Bertz CT molecular complexity index is 625. The summed E-state index contributed by atoms with van der Waals surface area (Å²) in [5, 5.41) is 4.33. The molecule has 0 aliphatic carbocycles. The van der Waals surface area contributed by atoms with Gasteiger partial charge in [-0.25, -0.2) is 9.97 Å². The van der Waals surface area contributed by atoms with Gasteiger partial charge < -0.3 is 5.32 Å². The van der Waals surface area contributed by atoms with Gasteiger partial charge in [-0.2, -0.15) is 0 Å². The summed E-state index contributed by atoms with van der Waals surface area (Å²) in [5.41, 5.74) is 2.51. The third-order valence-corrected chi connectivity index (χ3v) is 4.59. The maximum Gasteiger partial charge on any atom is 0.163 e. The fraction of sp³-hybridized carbons (Fsp3) is 0.286. The minimum Gasteiger partial charge on any atom is -0.337 e. The van der Waals surface area contributed by atoms with Gasteiger partial charge in [-0.15, -0.1) is 0 Å². The molecule has 5 heteroatoms. The van der Waals surface area contributed by atoms with Gasteiger partial charge >= 0.3 is 0 Å². The molecule has 0 saturated carbocycles. The first-order valence-corrected chi connectivity index (χ1v) is 7.31. The molecule has 1 aromatic heterocycles. The second kappa shape index (κ2) is 4.51. The first-order chi connectivity index (χ1) is 9.38. The molecule has 2 aromatic rings. The molecule has 0 atom stereocenters. The number of benzene rings is 1. The zero-order valence-electron chi connectivity index (χ0n) is 10.5. The Labute approximate surface area is 116 Å². The minimum atomic E-state index is 0.862. The van der Waals surface area contributed by atoms with Crippen molar-refractivity contribution in [3.8, 4) is 0 Å². The lowest BCUT2D eigenvalue weighted by atomic mass is 10.1. The summed E-state index contributed by atoms with van der Waals surface area (Å²) in [6.07, 6.45) is 4.79. The van der Waals surface area contributed by atoms with Crippen molar-refractivity contribution in [3.05, 3.63) is 36.2 Å². The maximum absolute atomic E-state index is 4.34. The monoisotopic (exact) mass is 270 g/mol. The molecule has 0 unspecified atom stereocenters. The van der Waals surface area contributed by atoms with E-state index in [9.17, 15) is 0 Å². The Morgan fingerprint density at radius 3 is 2.95 bits per heavy atom. The second-order valence-corrected chi connectivity index (χ2v) is 5.93. The van der Waals surface area contributed by atoms with E-state index >= 15 is 0 Å². The van der Waals surface area contributed by atoms with Crippen LogP contribution in [0.3, 0.4) is 0 Å². The predicted octanol–water partition coefficient (Wildman–Crippen LogP) is 2.89. The lowest BCUT2D eigenvalue weighted by molar-refractivity contribution is 0.172. The fourth-order valence-corrected chi connectivity index (χ4v) is 3.26. The maximum atomic E-state index is 4.34. The van der Waals surface area contributed by atoms with Crippen molar-refractivity contribution in [1.29, 1.82) is 0 Å². The number of anilines is 2. The van der Waals surface area contributed by atoms with Crippen molar-refractivity contribution >= 4 is 23.3 Å². The predicted molar refractivity (Wildman–Crippen MR) is 75.8 cm³/mol. The van der Waals surface area contributed by atoms with Gasteiger partial charge in [-0.05, 0) is 37.2 Å². The molecule has 0 amide bonds. The van der Waals surface area contributed by atoms with Gasteiger partial charge in [0.15, 0.2) is 5.82 Å². The zero-order valence-corrected chi connectivity index (χ0v) is 11.3. The summed E-state index contributed by atoms with van der Waals surface area (Å²) in [5.74, 6) is 0.862. The third-order valence-electron chi connectivity index (χ3n) is 3.52. The number of hydrogen-bond acceptors (Lipinski definition) is 5. The van der Waals surface area contributed by atoms with Gasteiger partial charge in [0.05, 0.1) is 5.69 Å². The first kappa shape index (κ1) is 11.3. The Balaban J connectivity index is 1.62. The molecule has 96 valence electrons. The van der Waals surface area contributed by atoms with E-state index in [1.165, 1.54) is 30.0 Å². The number of nitrogens with zero attached hydrogens (tertiary/aromatic N) is 3. The highest BCUT2D eigenvalue weighted by molar-refractivity contribution is 7.99. The number of hydrogen-bond donors (Lipinski definition) is 1. The number of fused-ring (bicyclic) bond motifs is 2. The average Bonchev–Trinajstić information content (AvgIpc) is 2.40. The number of nitrogens with one attached hydrogen (secondary N) is 1. The smallest absolute Gasteiger partial charge is 0.163 e. The standard InChI is InChI=1S/C14H14N4S/c1-6-18(7-1)9-10-2-3-12-11(8-10)17-13-14(19-12)16-5-4-15-13/h2-5,8H,1,6-7,9H2,(H,15,17).